The monoisotopic (exact) mass is 309 g/mol. The first kappa shape index (κ1) is 17.0. The number of piperazine rings is 1. The predicted molar refractivity (Wildman–Crippen MR) is 83.6 cm³/mol. The molecular formula is C16H27N3O3. The topological polar surface area (TPSA) is 69.8 Å². The first-order chi connectivity index (χ1) is 10.6. The van der Waals surface area contributed by atoms with Crippen LogP contribution in [0, 0.1) is 13.8 Å². The number of aliphatic hydroxyl groups is 1. The molecule has 0 aromatic carbocycles. The molecule has 0 radical (unpaired) electrons. The number of rotatable bonds is 7. The number of aliphatic hydroxyl groups excluding tert-OH is 1. The van der Waals surface area contributed by atoms with Crippen LogP contribution < -0.4 is 0 Å². The lowest BCUT2D eigenvalue weighted by Gasteiger charge is -2.34. The van der Waals surface area contributed by atoms with E-state index in [1.54, 1.807) is 0 Å². The van der Waals surface area contributed by atoms with Crippen LogP contribution >= 0.6 is 0 Å². The van der Waals surface area contributed by atoms with Crippen LogP contribution in [0.1, 0.15) is 36.3 Å². The lowest BCUT2D eigenvalue weighted by Crippen LogP contribution is -2.49. The Hall–Kier alpha value is -1.40. The lowest BCUT2D eigenvalue weighted by atomic mass is 10.1. The Labute approximate surface area is 132 Å². The Morgan fingerprint density at radius 3 is 2.50 bits per heavy atom. The van der Waals surface area contributed by atoms with E-state index in [0.29, 0.717) is 6.42 Å². The summed E-state index contributed by atoms with van der Waals surface area (Å²) in [4.78, 5) is 16.7. The van der Waals surface area contributed by atoms with Gasteiger partial charge >= 0.3 is 0 Å². The van der Waals surface area contributed by atoms with Crippen LogP contribution in [0.5, 0.6) is 0 Å². The normalized spacial score (nSPS) is 16.2. The molecule has 0 atom stereocenters. The van der Waals surface area contributed by atoms with Gasteiger partial charge in [-0.15, -0.1) is 0 Å². The quantitative estimate of drug-likeness (QED) is 0.765. The number of carbonyl (C=O) groups is 1. The molecule has 2 heterocycles. The molecule has 1 amide bonds. The summed E-state index contributed by atoms with van der Waals surface area (Å²) in [6.07, 6.45) is 3.46. The molecule has 1 N–H and O–H groups in total. The van der Waals surface area contributed by atoms with Crippen molar-refractivity contribution in [3.8, 4) is 0 Å². The summed E-state index contributed by atoms with van der Waals surface area (Å²) in [6.45, 7) is 8.54. The van der Waals surface area contributed by atoms with Gasteiger partial charge in [-0.1, -0.05) is 5.16 Å². The van der Waals surface area contributed by atoms with Crippen molar-refractivity contribution in [3.63, 3.8) is 0 Å². The highest BCUT2D eigenvalue weighted by atomic mass is 16.5. The van der Waals surface area contributed by atoms with Gasteiger partial charge < -0.3 is 14.5 Å². The zero-order chi connectivity index (χ0) is 15.9. The number of hydrogen-bond acceptors (Lipinski definition) is 5. The molecular weight excluding hydrogens is 282 g/mol. The number of unbranched alkanes of at least 4 members (excludes halogenated alkanes) is 2. The summed E-state index contributed by atoms with van der Waals surface area (Å²) < 4.78 is 5.12. The molecule has 1 aliphatic heterocycles. The number of aryl methyl sites for hydroxylation is 2. The zero-order valence-corrected chi connectivity index (χ0v) is 13.7. The van der Waals surface area contributed by atoms with Gasteiger partial charge in [0.15, 0.2) is 0 Å². The largest absolute Gasteiger partial charge is 0.396 e. The summed E-state index contributed by atoms with van der Waals surface area (Å²) in [5.41, 5.74) is 1.74. The van der Waals surface area contributed by atoms with Crippen molar-refractivity contribution in [2.45, 2.75) is 39.5 Å². The summed E-state index contributed by atoms with van der Waals surface area (Å²) in [5.74, 6) is 0.905. The Bertz CT molecular complexity index is 459. The van der Waals surface area contributed by atoms with Crippen LogP contribution in [0.15, 0.2) is 4.52 Å². The van der Waals surface area contributed by atoms with Gasteiger partial charge in [0.05, 0.1) is 12.1 Å². The molecule has 1 fully saturated rings. The predicted octanol–water partition coefficient (Wildman–Crippen LogP) is 1.14. The molecule has 0 bridgehead atoms. The fourth-order valence-electron chi connectivity index (χ4n) is 2.86. The molecule has 2 rings (SSSR count). The van der Waals surface area contributed by atoms with Gasteiger partial charge in [-0.3, -0.25) is 9.69 Å². The van der Waals surface area contributed by atoms with Crippen LogP contribution in [0.25, 0.3) is 0 Å². The van der Waals surface area contributed by atoms with E-state index in [4.69, 9.17) is 9.63 Å². The van der Waals surface area contributed by atoms with Gasteiger partial charge in [-0.2, -0.15) is 0 Å². The van der Waals surface area contributed by atoms with Crippen LogP contribution in [0.2, 0.25) is 0 Å². The van der Waals surface area contributed by atoms with Crippen LogP contribution in [-0.2, 0) is 11.2 Å². The molecule has 6 heteroatoms. The van der Waals surface area contributed by atoms with E-state index < -0.39 is 0 Å². The molecule has 124 valence electrons. The number of amides is 1. The fourth-order valence-corrected chi connectivity index (χ4v) is 2.86. The van der Waals surface area contributed by atoms with Crippen molar-refractivity contribution in [1.29, 1.82) is 0 Å². The SMILES string of the molecule is Cc1noc(C)c1CC(=O)N1CCN(CCCCCO)CC1. The molecule has 0 saturated carbocycles. The summed E-state index contributed by atoms with van der Waals surface area (Å²) in [6, 6.07) is 0. The van der Waals surface area contributed by atoms with Gasteiger partial charge in [0.1, 0.15) is 5.76 Å². The zero-order valence-electron chi connectivity index (χ0n) is 13.7. The summed E-state index contributed by atoms with van der Waals surface area (Å²) in [5, 5.41) is 12.7. The summed E-state index contributed by atoms with van der Waals surface area (Å²) in [7, 11) is 0. The van der Waals surface area contributed by atoms with Gasteiger partial charge in [-0.05, 0) is 39.7 Å². The van der Waals surface area contributed by atoms with Gasteiger partial charge in [0, 0.05) is 38.3 Å². The van der Waals surface area contributed by atoms with Crippen molar-refractivity contribution in [1.82, 2.24) is 15.0 Å². The first-order valence-corrected chi connectivity index (χ1v) is 8.14. The molecule has 0 unspecified atom stereocenters. The Morgan fingerprint density at radius 2 is 1.91 bits per heavy atom. The minimum absolute atomic E-state index is 0.161. The van der Waals surface area contributed by atoms with E-state index in [1.807, 2.05) is 18.7 Å². The second kappa shape index (κ2) is 8.29. The highest BCUT2D eigenvalue weighted by Crippen LogP contribution is 2.15. The van der Waals surface area contributed by atoms with E-state index in [9.17, 15) is 4.79 Å². The number of carbonyl (C=O) groups excluding carboxylic acids is 1. The van der Waals surface area contributed by atoms with E-state index in [2.05, 4.69) is 10.1 Å². The summed E-state index contributed by atoms with van der Waals surface area (Å²) >= 11 is 0. The van der Waals surface area contributed by atoms with Crippen molar-refractivity contribution in [3.05, 3.63) is 17.0 Å². The van der Waals surface area contributed by atoms with Crippen molar-refractivity contribution < 1.29 is 14.4 Å². The van der Waals surface area contributed by atoms with E-state index in [1.165, 1.54) is 0 Å². The second-order valence-electron chi connectivity index (χ2n) is 5.99. The maximum absolute atomic E-state index is 12.4. The second-order valence-corrected chi connectivity index (χ2v) is 5.99. The smallest absolute Gasteiger partial charge is 0.227 e. The first-order valence-electron chi connectivity index (χ1n) is 8.14. The van der Waals surface area contributed by atoms with Crippen molar-refractivity contribution in [2.75, 3.05) is 39.3 Å². The van der Waals surface area contributed by atoms with Gasteiger partial charge in [0.25, 0.3) is 0 Å². The Morgan fingerprint density at radius 1 is 1.18 bits per heavy atom. The lowest BCUT2D eigenvalue weighted by molar-refractivity contribution is -0.132. The maximum atomic E-state index is 12.4. The highest BCUT2D eigenvalue weighted by molar-refractivity contribution is 5.79. The molecule has 22 heavy (non-hydrogen) atoms. The van der Waals surface area contributed by atoms with Crippen molar-refractivity contribution >= 4 is 5.91 Å². The van der Waals surface area contributed by atoms with E-state index in [0.717, 1.165) is 69.0 Å². The molecule has 1 aromatic rings. The molecule has 6 nitrogen and oxygen atoms in total. The molecule has 1 aromatic heterocycles. The number of hydrogen-bond donors (Lipinski definition) is 1. The van der Waals surface area contributed by atoms with Gasteiger partial charge in [0.2, 0.25) is 5.91 Å². The minimum atomic E-state index is 0.161. The van der Waals surface area contributed by atoms with E-state index >= 15 is 0 Å². The highest BCUT2D eigenvalue weighted by Gasteiger charge is 2.22. The van der Waals surface area contributed by atoms with Crippen LogP contribution in [0.3, 0.4) is 0 Å². The Kier molecular flexibility index (Phi) is 6.39. The average Bonchev–Trinajstić information content (AvgIpc) is 2.84. The third-order valence-electron chi connectivity index (χ3n) is 4.37. The number of nitrogens with zero attached hydrogens (tertiary/aromatic N) is 3. The fraction of sp³-hybridized carbons (Fsp3) is 0.750. The average molecular weight is 309 g/mol. The molecule has 1 saturated heterocycles. The van der Waals surface area contributed by atoms with Crippen LogP contribution in [-0.4, -0.2) is 65.3 Å². The van der Waals surface area contributed by atoms with E-state index in [-0.39, 0.29) is 12.5 Å². The molecule has 0 aliphatic carbocycles. The third-order valence-corrected chi connectivity index (χ3v) is 4.37. The molecule has 1 aliphatic rings. The maximum Gasteiger partial charge on any atom is 0.227 e. The standard InChI is InChI=1S/C16H27N3O3/c1-13-15(14(2)22-17-13)12-16(21)19-9-7-18(8-10-19)6-4-3-5-11-20/h20H,3-12H2,1-2H3. The van der Waals surface area contributed by atoms with Crippen LogP contribution in [0.4, 0.5) is 0 Å². The minimum Gasteiger partial charge on any atom is -0.396 e. The van der Waals surface area contributed by atoms with Gasteiger partial charge in [-0.25, -0.2) is 0 Å². The Balaban J connectivity index is 1.73. The third kappa shape index (κ3) is 4.55. The van der Waals surface area contributed by atoms with Crippen molar-refractivity contribution in [2.24, 2.45) is 0 Å². The number of aromatic nitrogens is 1. The molecule has 0 spiro atoms.